The normalized spacial score (nSPS) is 13.9. The molecule has 6 nitrogen and oxygen atoms in total. The summed E-state index contributed by atoms with van der Waals surface area (Å²) in [4.78, 5) is 26.0. The molecule has 3 atom stereocenters. The molecular formula is C52H91NO5. The molecule has 6 heteroatoms. The summed E-state index contributed by atoms with van der Waals surface area (Å²) >= 11 is 0. The van der Waals surface area contributed by atoms with Gasteiger partial charge in [0, 0.05) is 12.8 Å². The summed E-state index contributed by atoms with van der Waals surface area (Å²) in [5.74, 6) is -0.595. The van der Waals surface area contributed by atoms with Gasteiger partial charge in [0.2, 0.25) is 5.91 Å². The van der Waals surface area contributed by atoms with Gasteiger partial charge in [-0.1, -0.05) is 203 Å². The Bertz CT molecular complexity index is 1090. The Kier molecular flexibility index (Phi) is 43.3. The minimum Gasteiger partial charge on any atom is -0.461 e. The molecule has 0 heterocycles. The maximum absolute atomic E-state index is 13.1. The number of aliphatic hydroxyl groups is 2. The highest BCUT2D eigenvalue weighted by Crippen LogP contribution is 2.15. The van der Waals surface area contributed by atoms with Gasteiger partial charge in [-0.25, -0.2) is 0 Å². The van der Waals surface area contributed by atoms with Crippen LogP contribution in [-0.4, -0.2) is 46.9 Å². The van der Waals surface area contributed by atoms with Crippen LogP contribution in [0.15, 0.2) is 72.9 Å². The number of hydrogen-bond donors (Lipinski definition) is 3. The van der Waals surface area contributed by atoms with Gasteiger partial charge >= 0.3 is 5.97 Å². The summed E-state index contributed by atoms with van der Waals surface area (Å²) in [6, 6.07) is -0.734. The van der Waals surface area contributed by atoms with Crippen molar-refractivity contribution in [3.63, 3.8) is 0 Å². The zero-order valence-corrected chi connectivity index (χ0v) is 37.9. The summed E-state index contributed by atoms with van der Waals surface area (Å²) in [6.45, 7) is 6.36. The molecule has 0 saturated heterocycles. The molecule has 0 bridgehead atoms. The number of carbonyl (C=O) groups excluding carboxylic acids is 2. The molecule has 0 aliphatic carbocycles. The maximum atomic E-state index is 13.1. The second kappa shape index (κ2) is 45.4. The van der Waals surface area contributed by atoms with E-state index < -0.39 is 18.2 Å². The molecule has 0 aromatic carbocycles. The van der Waals surface area contributed by atoms with Gasteiger partial charge in [0.15, 0.2) is 0 Å². The number of ether oxygens (including phenoxy) is 1. The third-order valence-electron chi connectivity index (χ3n) is 10.5. The number of esters is 1. The van der Waals surface area contributed by atoms with Gasteiger partial charge in [-0.05, 0) is 70.6 Å². The number of allylic oxidation sites excluding steroid dienone is 11. The van der Waals surface area contributed by atoms with Crippen molar-refractivity contribution < 1.29 is 24.5 Å². The minimum absolute atomic E-state index is 0.00584. The first-order chi connectivity index (χ1) is 28.5. The lowest BCUT2D eigenvalue weighted by Gasteiger charge is -2.24. The Balaban J connectivity index is 4.77. The topological polar surface area (TPSA) is 95.9 Å². The van der Waals surface area contributed by atoms with Crippen LogP contribution in [0.2, 0.25) is 0 Å². The molecular weight excluding hydrogens is 719 g/mol. The number of carbonyl (C=O) groups is 2. The van der Waals surface area contributed by atoms with Crippen LogP contribution in [0.1, 0.15) is 220 Å². The molecule has 0 saturated carbocycles. The molecule has 0 fully saturated rings. The molecule has 58 heavy (non-hydrogen) atoms. The van der Waals surface area contributed by atoms with Crippen LogP contribution in [0, 0.1) is 0 Å². The van der Waals surface area contributed by atoms with E-state index in [1.54, 1.807) is 0 Å². The Labute approximate surface area is 358 Å². The van der Waals surface area contributed by atoms with Crippen LogP contribution in [-0.2, 0) is 14.3 Å². The summed E-state index contributed by atoms with van der Waals surface area (Å²) in [5.41, 5.74) is 0. The van der Waals surface area contributed by atoms with E-state index in [0.29, 0.717) is 19.3 Å². The van der Waals surface area contributed by atoms with Gasteiger partial charge in [-0.2, -0.15) is 0 Å². The van der Waals surface area contributed by atoms with E-state index in [1.807, 2.05) is 12.2 Å². The highest BCUT2D eigenvalue weighted by atomic mass is 16.5. The fourth-order valence-corrected chi connectivity index (χ4v) is 6.81. The number of nitrogens with one attached hydrogen (secondary N) is 1. The van der Waals surface area contributed by atoms with Crippen molar-refractivity contribution in [3.8, 4) is 0 Å². The van der Waals surface area contributed by atoms with Gasteiger partial charge < -0.3 is 20.3 Å². The van der Waals surface area contributed by atoms with Crippen molar-refractivity contribution in [1.29, 1.82) is 0 Å². The standard InChI is InChI=1S/C52H91NO5/c1-4-7-10-13-16-19-21-23-25-27-29-32-34-37-40-43-48(46-51(56)53-49(47-54)50(55)44-41-38-35-31-18-15-12-9-6-3)58-52(57)45-42-39-36-33-30-28-26-24-22-20-17-14-11-8-5-2/h16-17,19-20,22-25,29,32,37,40,48-50,54-55H,4-15,18,21,26-28,30-31,33-36,38-39,41-47H2,1-3H3,(H,53,56)/b19-16-,20-17+,24-22+,25-23-,32-29-,40-37-. The largest absolute Gasteiger partial charge is 0.461 e. The summed E-state index contributed by atoms with van der Waals surface area (Å²) < 4.78 is 5.85. The molecule has 0 radical (unpaired) electrons. The van der Waals surface area contributed by atoms with E-state index in [4.69, 9.17) is 4.74 Å². The van der Waals surface area contributed by atoms with Crippen LogP contribution in [0.3, 0.4) is 0 Å². The molecule has 0 aromatic rings. The average Bonchev–Trinajstić information content (AvgIpc) is 3.22. The fraction of sp³-hybridized carbons (Fsp3) is 0.731. The molecule has 0 aromatic heterocycles. The minimum atomic E-state index is -0.813. The Morgan fingerprint density at radius 3 is 1.52 bits per heavy atom. The summed E-state index contributed by atoms with van der Waals surface area (Å²) in [7, 11) is 0. The number of hydrogen-bond acceptors (Lipinski definition) is 5. The van der Waals surface area contributed by atoms with Crippen molar-refractivity contribution >= 4 is 11.9 Å². The molecule has 1 amide bonds. The van der Waals surface area contributed by atoms with Crippen molar-refractivity contribution in [3.05, 3.63) is 72.9 Å². The van der Waals surface area contributed by atoms with Crippen LogP contribution in [0.4, 0.5) is 0 Å². The number of amides is 1. The van der Waals surface area contributed by atoms with Crippen LogP contribution < -0.4 is 5.32 Å². The Hall–Kier alpha value is -2.70. The predicted molar refractivity (Wildman–Crippen MR) is 250 cm³/mol. The summed E-state index contributed by atoms with van der Waals surface area (Å²) in [6.07, 6.45) is 56.9. The molecule has 3 N–H and O–H groups in total. The van der Waals surface area contributed by atoms with Gasteiger partial charge in [-0.3, -0.25) is 9.59 Å². The number of unbranched alkanes of at least 4 members (excludes halogenated alkanes) is 20. The number of aliphatic hydroxyl groups excluding tert-OH is 2. The van der Waals surface area contributed by atoms with Gasteiger partial charge in [-0.15, -0.1) is 0 Å². The van der Waals surface area contributed by atoms with Gasteiger partial charge in [0.1, 0.15) is 6.10 Å². The Morgan fingerprint density at radius 1 is 0.534 bits per heavy atom. The predicted octanol–water partition coefficient (Wildman–Crippen LogP) is 14.2. The van der Waals surface area contributed by atoms with Crippen molar-refractivity contribution in [2.24, 2.45) is 0 Å². The average molecular weight is 810 g/mol. The highest BCUT2D eigenvalue weighted by molar-refractivity contribution is 5.77. The van der Waals surface area contributed by atoms with E-state index in [-0.39, 0.29) is 24.9 Å². The van der Waals surface area contributed by atoms with Crippen molar-refractivity contribution in [1.82, 2.24) is 5.32 Å². The van der Waals surface area contributed by atoms with Crippen molar-refractivity contribution in [2.75, 3.05) is 6.61 Å². The fourth-order valence-electron chi connectivity index (χ4n) is 6.81. The lowest BCUT2D eigenvalue weighted by Crippen LogP contribution is -2.46. The van der Waals surface area contributed by atoms with Crippen LogP contribution in [0.5, 0.6) is 0 Å². The van der Waals surface area contributed by atoms with Crippen LogP contribution >= 0.6 is 0 Å². The molecule has 0 aliphatic rings. The first-order valence-corrected chi connectivity index (χ1v) is 24.2. The van der Waals surface area contributed by atoms with E-state index in [2.05, 4.69) is 86.8 Å². The highest BCUT2D eigenvalue weighted by Gasteiger charge is 2.23. The first-order valence-electron chi connectivity index (χ1n) is 24.2. The SMILES string of the molecule is CCCCC/C=C\C/C=C\C/C=C\C/C=C\CC(CC(=O)NC(CO)C(O)CCCCCCCCCCC)OC(=O)CCCCCCCC/C=C/C=C/CCCCC. The lowest BCUT2D eigenvalue weighted by atomic mass is 10.0. The van der Waals surface area contributed by atoms with Crippen LogP contribution in [0.25, 0.3) is 0 Å². The monoisotopic (exact) mass is 810 g/mol. The van der Waals surface area contributed by atoms with Crippen molar-refractivity contribution in [2.45, 2.75) is 238 Å². The Morgan fingerprint density at radius 2 is 0.966 bits per heavy atom. The van der Waals surface area contributed by atoms with Gasteiger partial charge in [0.25, 0.3) is 0 Å². The maximum Gasteiger partial charge on any atom is 0.306 e. The van der Waals surface area contributed by atoms with E-state index >= 15 is 0 Å². The molecule has 0 spiro atoms. The zero-order valence-electron chi connectivity index (χ0n) is 37.9. The second-order valence-corrected chi connectivity index (χ2v) is 16.2. The molecule has 3 unspecified atom stereocenters. The van der Waals surface area contributed by atoms with E-state index in [9.17, 15) is 19.8 Å². The first kappa shape index (κ1) is 55.3. The molecule has 0 rings (SSSR count). The zero-order chi connectivity index (χ0) is 42.4. The number of rotatable bonds is 42. The molecule has 334 valence electrons. The molecule has 0 aliphatic heterocycles. The van der Waals surface area contributed by atoms with E-state index in [1.165, 1.54) is 109 Å². The smallest absolute Gasteiger partial charge is 0.306 e. The van der Waals surface area contributed by atoms with E-state index in [0.717, 1.165) is 64.2 Å². The summed E-state index contributed by atoms with van der Waals surface area (Å²) in [5, 5.41) is 23.6. The second-order valence-electron chi connectivity index (χ2n) is 16.2. The van der Waals surface area contributed by atoms with Gasteiger partial charge in [0.05, 0.1) is 25.2 Å². The quantitative estimate of drug-likeness (QED) is 0.0247. The third-order valence-corrected chi connectivity index (χ3v) is 10.5. The third kappa shape index (κ3) is 40.1. The lowest BCUT2D eigenvalue weighted by molar-refractivity contribution is -0.150.